The van der Waals surface area contributed by atoms with Crippen LogP contribution in [-0.2, 0) is 11.1 Å². The summed E-state index contributed by atoms with van der Waals surface area (Å²) in [6.07, 6.45) is 6.44. The minimum Gasteiger partial charge on any atom is -0.425 e. The van der Waals surface area contributed by atoms with Crippen molar-refractivity contribution in [3.63, 3.8) is 0 Å². The minimum atomic E-state index is -4.47. The number of imidazole rings is 1. The van der Waals surface area contributed by atoms with Gasteiger partial charge in [-0.1, -0.05) is 91.5 Å². The van der Waals surface area contributed by atoms with Gasteiger partial charge in [0.25, 0.3) is 0 Å². The Kier molecular flexibility index (Phi) is 7.76. The zero-order chi connectivity index (χ0) is 28.6. The summed E-state index contributed by atoms with van der Waals surface area (Å²) in [7, 11) is -4.47. The SMILES string of the molecule is Cc1ccc(Oc2nc3cc(-c4ccc(C5CCCCC5)cc4)c(Cl)cc3n2Cc2ccccc2)cc1P(=O)(O)O. The van der Waals surface area contributed by atoms with Crippen molar-refractivity contribution in [2.24, 2.45) is 0 Å². The first-order chi connectivity index (χ1) is 19.8. The molecule has 1 saturated carbocycles. The van der Waals surface area contributed by atoms with Gasteiger partial charge in [-0.3, -0.25) is 9.13 Å². The quantitative estimate of drug-likeness (QED) is 0.187. The summed E-state index contributed by atoms with van der Waals surface area (Å²) >= 11 is 6.89. The van der Waals surface area contributed by atoms with Crippen molar-refractivity contribution in [2.45, 2.75) is 51.5 Å². The Labute approximate surface area is 244 Å². The lowest BCUT2D eigenvalue weighted by atomic mass is 9.84. The molecular formula is C33H32ClN2O4P. The molecule has 2 N–H and O–H groups in total. The molecule has 0 atom stereocenters. The van der Waals surface area contributed by atoms with Crippen molar-refractivity contribution in [3.05, 3.63) is 107 Å². The van der Waals surface area contributed by atoms with Crippen LogP contribution in [0.3, 0.4) is 0 Å². The maximum Gasteiger partial charge on any atom is 0.356 e. The topological polar surface area (TPSA) is 84.6 Å². The Morgan fingerprint density at radius 1 is 0.951 bits per heavy atom. The number of aromatic nitrogens is 2. The number of nitrogens with zero attached hydrogens (tertiary/aromatic N) is 2. The van der Waals surface area contributed by atoms with Crippen LogP contribution < -0.4 is 10.0 Å². The van der Waals surface area contributed by atoms with Crippen LogP contribution >= 0.6 is 19.2 Å². The van der Waals surface area contributed by atoms with Crippen molar-refractivity contribution in [3.8, 4) is 22.9 Å². The van der Waals surface area contributed by atoms with E-state index in [9.17, 15) is 14.4 Å². The summed E-state index contributed by atoms with van der Waals surface area (Å²) < 4.78 is 20.2. The van der Waals surface area contributed by atoms with Crippen LogP contribution in [0.15, 0.2) is 84.9 Å². The maximum atomic E-state index is 12.0. The highest BCUT2D eigenvalue weighted by Crippen LogP contribution is 2.39. The van der Waals surface area contributed by atoms with E-state index in [2.05, 4.69) is 24.3 Å². The van der Waals surface area contributed by atoms with Gasteiger partial charge in [0.15, 0.2) is 0 Å². The van der Waals surface area contributed by atoms with Gasteiger partial charge in [0.1, 0.15) is 5.75 Å². The van der Waals surface area contributed by atoms with E-state index in [-0.39, 0.29) is 5.30 Å². The second kappa shape index (κ2) is 11.5. The third-order valence-electron chi connectivity index (χ3n) is 7.99. The summed E-state index contributed by atoms with van der Waals surface area (Å²) in [5, 5.41) is 0.547. The maximum absolute atomic E-state index is 12.0. The predicted molar refractivity (Wildman–Crippen MR) is 164 cm³/mol. The summed E-state index contributed by atoms with van der Waals surface area (Å²) in [5.41, 5.74) is 6.38. The van der Waals surface area contributed by atoms with Gasteiger partial charge < -0.3 is 14.5 Å². The zero-order valence-corrected chi connectivity index (χ0v) is 24.5. The van der Waals surface area contributed by atoms with Crippen LogP contribution in [0.5, 0.6) is 11.8 Å². The van der Waals surface area contributed by atoms with E-state index >= 15 is 0 Å². The van der Waals surface area contributed by atoms with Gasteiger partial charge in [0.05, 0.1) is 27.9 Å². The smallest absolute Gasteiger partial charge is 0.356 e. The molecular weight excluding hydrogens is 555 g/mol. The molecule has 0 amide bonds. The molecule has 6 nitrogen and oxygen atoms in total. The number of rotatable bonds is 7. The number of hydrogen-bond acceptors (Lipinski definition) is 3. The molecule has 6 rings (SSSR count). The summed E-state index contributed by atoms with van der Waals surface area (Å²) in [4.78, 5) is 24.4. The second-order valence-electron chi connectivity index (χ2n) is 10.8. The van der Waals surface area contributed by atoms with E-state index in [1.165, 1.54) is 43.7 Å². The second-order valence-corrected chi connectivity index (χ2v) is 12.8. The lowest BCUT2D eigenvalue weighted by Crippen LogP contribution is -2.09. The highest BCUT2D eigenvalue weighted by molar-refractivity contribution is 7.60. The van der Waals surface area contributed by atoms with Gasteiger partial charge in [0, 0.05) is 5.56 Å². The monoisotopic (exact) mass is 586 g/mol. The molecule has 1 aliphatic carbocycles. The van der Waals surface area contributed by atoms with Gasteiger partial charge in [0.2, 0.25) is 0 Å². The zero-order valence-electron chi connectivity index (χ0n) is 22.8. The normalized spacial score (nSPS) is 14.4. The molecule has 1 aliphatic rings. The van der Waals surface area contributed by atoms with Gasteiger partial charge in [-0.2, -0.15) is 4.98 Å². The molecule has 0 bridgehead atoms. The van der Waals surface area contributed by atoms with Crippen LogP contribution in [0.25, 0.3) is 22.2 Å². The van der Waals surface area contributed by atoms with Gasteiger partial charge in [-0.15, -0.1) is 0 Å². The Morgan fingerprint density at radius 2 is 1.68 bits per heavy atom. The molecule has 1 aromatic heterocycles. The molecule has 1 fully saturated rings. The van der Waals surface area contributed by atoms with Crippen LogP contribution in [0, 0.1) is 6.92 Å². The van der Waals surface area contributed by atoms with E-state index < -0.39 is 7.60 Å². The molecule has 0 unspecified atom stereocenters. The first kappa shape index (κ1) is 27.7. The standard InChI is InChI=1S/C33H32ClN2O4P/c1-22-12-17-27(18-32(22)41(37,38)39)40-33-35-30-19-28(26-15-13-25(14-16-26)24-10-6-3-7-11-24)29(34)20-31(30)36(33)21-23-8-4-2-5-9-23/h2,4-5,8-9,12-20,24H,3,6-7,10-11,21H2,1H3,(H2,37,38,39). The highest BCUT2D eigenvalue weighted by atomic mass is 35.5. The van der Waals surface area contributed by atoms with Crippen LogP contribution in [0.4, 0.5) is 0 Å². The Balaban J connectivity index is 1.40. The fraction of sp³-hybridized carbons (Fsp3) is 0.242. The summed E-state index contributed by atoms with van der Waals surface area (Å²) in [6, 6.07) is 27.6. The molecule has 0 aliphatic heterocycles. The number of benzene rings is 4. The number of fused-ring (bicyclic) bond motifs is 1. The van der Waals surface area contributed by atoms with Crippen molar-refractivity contribution in [1.82, 2.24) is 9.55 Å². The van der Waals surface area contributed by atoms with E-state index in [4.69, 9.17) is 21.3 Å². The molecule has 8 heteroatoms. The summed E-state index contributed by atoms with van der Waals surface area (Å²) in [6.45, 7) is 2.14. The van der Waals surface area contributed by atoms with Crippen LogP contribution in [0.1, 0.15) is 54.7 Å². The average molecular weight is 587 g/mol. The van der Waals surface area contributed by atoms with Crippen LogP contribution in [0.2, 0.25) is 5.02 Å². The largest absolute Gasteiger partial charge is 0.425 e. The van der Waals surface area contributed by atoms with Crippen molar-refractivity contribution < 1.29 is 19.1 Å². The predicted octanol–water partition coefficient (Wildman–Crippen LogP) is 8.36. The van der Waals surface area contributed by atoms with Crippen LogP contribution in [-0.4, -0.2) is 19.3 Å². The van der Waals surface area contributed by atoms with E-state index in [1.807, 2.05) is 47.0 Å². The Morgan fingerprint density at radius 3 is 2.39 bits per heavy atom. The Bertz CT molecular complexity index is 1740. The number of hydrogen-bond donors (Lipinski definition) is 2. The van der Waals surface area contributed by atoms with E-state index in [0.29, 0.717) is 40.3 Å². The van der Waals surface area contributed by atoms with Gasteiger partial charge in [-0.25, -0.2) is 0 Å². The number of halogens is 1. The highest BCUT2D eigenvalue weighted by Gasteiger charge is 2.22. The van der Waals surface area contributed by atoms with Crippen molar-refractivity contribution in [1.29, 1.82) is 0 Å². The lowest BCUT2D eigenvalue weighted by molar-refractivity contribution is 0.386. The number of aryl methyl sites for hydroxylation is 1. The average Bonchev–Trinajstić information content (AvgIpc) is 3.29. The van der Waals surface area contributed by atoms with Gasteiger partial charge in [-0.05, 0) is 72.2 Å². The first-order valence-electron chi connectivity index (χ1n) is 13.9. The molecule has 0 radical (unpaired) electrons. The Hall–Kier alpha value is -3.41. The molecule has 0 spiro atoms. The van der Waals surface area contributed by atoms with Crippen molar-refractivity contribution in [2.75, 3.05) is 0 Å². The minimum absolute atomic E-state index is 0.0669. The van der Waals surface area contributed by atoms with Crippen molar-refractivity contribution >= 4 is 35.5 Å². The molecule has 4 aromatic carbocycles. The third kappa shape index (κ3) is 5.98. The molecule has 5 aromatic rings. The van der Waals surface area contributed by atoms with Gasteiger partial charge >= 0.3 is 13.6 Å². The molecule has 210 valence electrons. The molecule has 41 heavy (non-hydrogen) atoms. The fourth-order valence-electron chi connectivity index (χ4n) is 5.78. The molecule has 0 saturated heterocycles. The first-order valence-corrected chi connectivity index (χ1v) is 15.9. The third-order valence-corrected chi connectivity index (χ3v) is 9.41. The molecule has 1 heterocycles. The van der Waals surface area contributed by atoms with E-state index in [0.717, 1.165) is 22.2 Å². The number of ether oxygens (including phenoxy) is 1. The summed E-state index contributed by atoms with van der Waals surface area (Å²) in [5.74, 6) is 0.931. The van der Waals surface area contributed by atoms with E-state index in [1.54, 1.807) is 19.1 Å². The fourth-order valence-corrected chi connectivity index (χ4v) is 6.88. The lowest BCUT2D eigenvalue weighted by Gasteiger charge is -2.22.